The number of nitrogens with zero attached hydrogens (tertiary/aromatic N) is 3. The molecule has 2 N–H and O–H groups in total. The Morgan fingerprint density at radius 2 is 1.89 bits per heavy atom. The second-order valence-corrected chi connectivity index (χ2v) is 9.88. The summed E-state index contributed by atoms with van der Waals surface area (Å²) in [6.07, 6.45) is -1.59. The molecule has 2 aliphatic heterocycles. The van der Waals surface area contributed by atoms with Crippen LogP contribution in [0.15, 0.2) is 18.2 Å². The van der Waals surface area contributed by atoms with Crippen molar-refractivity contribution in [3.8, 4) is 0 Å². The van der Waals surface area contributed by atoms with Crippen molar-refractivity contribution in [3.63, 3.8) is 0 Å². The van der Waals surface area contributed by atoms with Crippen LogP contribution in [0.25, 0.3) is 0 Å². The van der Waals surface area contributed by atoms with Crippen molar-refractivity contribution in [2.75, 3.05) is 55.6 Å². The van der Waals surface area contributed by atoms with Gasteiger partial charge in [-0.3, -0.25) is 9.69 Å². The molecule has 35 heavy (non-hydrogen) atoms. The van der Waals surface area contributed by atoms with Crippen molar-refractivity contribution in [2.45, 2.75) is 39.4 Å². The molecule has 3 amide bonds. The van der Waals surface area contributed by atoms with Crippen LogP contribution in [0.3, 0.4) is 0 Å². The fourth-order valence-electron chi connectivity index (χ4n) is 3.79. The van der Waals surface area contributed by atoms with E-state index >= 15 is 0 Å². The van der Waals surface area contributed by atoms with Crippen LogP contribution in [0.4, 0.5) is 25.4 Å². The Labute approximate surface area is 209 Å². The predicted molar refractivity (Wildman–Crippen MR) is 133 cm³/mol. The highest BCUT2D eigenvalue weighted by Gasteiger charge is 2.33. The van der Waals surface area contributed by atoms with Crippen molar-refractivity contribution in [2.24, 2.45) is 0 Å². The van der Waals surface area contributed by atoms with Gasteiger partial charge in [0.15, 0.2) is 0 Å². The van der Waals surface area contributed by atoms with Crippen LogP contribution in [-0.2, 0) is 14.3 Å². The number of carbonyl (C=O) groups excluding carboxylic acids is 3. The molecule has 3 rings (SSSR count). The Hall–Kier alpha value is -3.15. The largest absolute Gasteiger partial charge is 0.444 e. The van der Waals surface area contributed by atoms with E-state index in [0.717, 1.165) is 0 Å². The van der Waals surface area contributed by atoms with E-state index in [1.165, 1.54) is 17.9 Å². The molecule has 1 aromatic rings. The number of piperazine rings is 1. The number of amides is 3. The van der Waals surface area contributed by atoms with Crippen LogP contribution in [0, 0.1) is 5.82 Å². The monoisotopic (exact) mass is 509 g/mol. The molecule has 12 heteroatoms. The van der Waals surface area contributed by atoms with Gasteiger partial charge < -0.3 is 29.9 Å². The number of benzene rings is 1. The lowest BCUT2D eigenvalue weighted by Gasteiger charge is -2.37. The van der Waals surface area contributed by atoms with Gasteiger partial charge in [-0.15, -0.1) is 0 Å². The fraction of sp³-hybridized carbons (Fsp3) is 0.565. The molecule has 2 heterocycles. The van der Waals surface area contributed by atoms with Crippen molar-refractivity contribution in [3.05, 3.63) is 24.0 Å². The van der Waals surface area contributed by atoms with Gasteiger partial charge in [0.1, 0.15) is 17.5 Å². The number of ether oxygens (including phenoxy) is 2. The van der Waals surface area contributed by atoms with Crippen molar-refractivity contribution >= 4 is 46.7 Å². The Kier molecular flexibility index (Phi) is 8.36. The number of hydrogen-bond donors (Lipinski definition) is 2. The second kappa shape index (κ2) is 11.1. The minimum absolute atomic E-state index is 0.197. The van der Waals surface area contributed by atoms with Gasteiger partial charge in [-0.25, -0.2) is 14.0 Å². The normalized spacial score (nSPS) is 18.3. The Morgan fingerprint density at radius 3 is 2.49 bits per heavy atom. The summed E-state index contributed by atoms with van der Waals surface area (Å²) in [6.45, 7) is 9.65. The SMILES string of the molecule is CC(=O)NCC1CN(c2ccc(N3CCN(C(=S)CNC(=O)OC(C)(C)C)CC3)c(F)c2)C(=O)O1. The van der Waals surface area contributed by atoms with Crippen LogP contribution in [0.5, 0.6) is 0 Å². The van der Waals surface area contributed by atoms with Crippen molar-refractivity contribution in [1.82, 2.24) is 15.5 Å². The molecule has 1 aromatic carbocycles. The maximum Gasteiger partial charge on any atom is 0.414 e. The quantitative estimate of drug-likeness (QED) is 0.563. The first kappa shape index (κ1) is 26.5. The maximum atomic E-state index is 15.0. The molecule has 2 saturated heterocycles. The first-order valence-corrected chi connectivity index (χ1v) is 11.9. The zero-order chi connectivity index (χ0) is 25.8. The predicted octanol–water partition coefficient (Wildman–Crippen LogP) is 2.26. The third kappa shape index (κ3) is 7.41. The number of hydrogen-bond acceptors (Lipinski definition) is 7. The lowest BCUT2D eigenvalue weighted by molar-refractivity contribution is -0.119. The van der Waals surface area contributed by atoms with Crippen LogP contribution in [0.2, 0.25) is 0 Å². The number of thiocarbonyl (C=S) groups is 1. The summed E-state index contributed by atoms with van der Waals surface area (Å²) in [6, 6.07) is 4.65. The zero-order valence-corrected chi connectivity index (χ0v) is 21.2. The van der Waals surface area contributed by atoms with Crippen molar-refractivity contribution in [1.29, 1.82) is 0 Å². The van der Waals surface area contributed by atoms with Crippen LogP contribution in [0.1, 0.15) is 27.7 Å². The molecule has 1 atom stereocenters. The summed E-state index contributed by atoms with van der Waals surface area (Å²) < 4.78 is 25.5. The molecule has 2 aliphatic rings. The van der Waals surface area contributed by atoms with Gasteiger partial charge in [-0.05, 0) is 39.0 Å². The van der Waals surface area contributed by atoms with Gasteiger partial charge in [0.25, 0.3) is 0 Å². The molecular formula is C23H32FN5O5S. The first-order chi connectivity index (χ1) is 16.4. The van der Waals surface area contributed by atoms with Gasteiger partial charge in [-0.2, -0.15) is 0 Å². The molecule has 1 unspecified atom stereocenters. The molecular weight excluding hydrogens is 477 g/mol. The first-order valence-electron chi connectivity index (χ1n) is 11.4. The Bertz CT molecular complexity index is 978. The van der Waals surface area contributed by atoms with Crippen LogP contribution in [-0.4, -0.2) is 85.5 Å². The molecule has 0 aromatic heterocycles. The van der Waals surface area contributed by atoms with Crippen LogP contribution < -0.4 is 20.4 Å². The summed E-state index contributed by atoms with van der Waals surface area (Å²) in [7, 11) is 0. The van der Waals surface area contributed by atoms with E-state index in [1.54, 1.807) is 32.9 Å². The molecule has 192 valence electrons. The second-order valence-electron chi connectivity index (χ2n) is 9.41. The van der Waals surface area contributed by atoms with Gasteiger partial charge in [0, 0.05) is 33.1 Å². The maximum absolute atomic E-state index is 15.0. The fourth-order valence-corrected chi connectivity index (χ4v) is 4.04. The number of cyclic esters (lactones) is 1. The summed E-state index contributed by atoms with van der Waals surface area (Å²) in [5.41, 5.74) is 0.253. The highest BCUT2D eigenvalue weighted by Crippen LogP contribution is 2.28. The minimum Gasteiger partial charge on any atom is -0.444 e. The number of halogens is 1. The number of rotatable bonds is 6. The molecule has 0 bridgehead atoms. The average Bonchev–Trinajstić information content (AvgIpc) is 3.15. The molecule has 0 saturated carbocycles. The number of carbonyl (C=O) groups is 3. The lowest BCUT2D eigenvalue weighted by atomic mass is 10.2. The zero-order valence-electron chi connectivity index (χ0n) is 20.4. The molecule has 10 nitrogen and oxygen atoms in total. The van der Waals surface area contributed by atoms with Gasteiger partial charge in [0.05, 0.1) is 36.0 Å². The van der Waals surface area contributed by atoms with E-state index in [2.05, 4.69) is 10.6 Å². The van der Waals surface area contributed by atoms with Crippen LogP contribution >= 0.6 is 12.2 Å². The highest BCUT2D eigenvalue weighted by atomic mass is 32.1. The molecule has 0 spiro atoms. The Balaban J connectivity index is 1.51. The van der Waals surface area contributed by atoms with E-state index < -0.39 is 29.7 Å². The third-order valence-electron chi connectivity index (χ3n) is 5.45. The average molecular weight is 510 g/mol. The standard InChI is InChI=1S/C23H32FN5O5S/c1-15(30)25-12-17-14-29(22(32)33-17)16-5-6-19(18(24)11-16)27-7-9-28(10-8-27)20(35)13-26-21(31)34-23(2,3)4/h5-6,11,17H,7-10,12-14H2,1-4H3,(H,25,30)(H,26,31). The topological polar surface area (TPSA) is 103 Å². The summed E-state index contributed by atoms with van der Waals surface area (Å²) >= 11 is 5.44. The molecule has 0 aliphatic carbocycles. The lowest BCUT2D eigenvalue weighted by Crippen LogP contribution is -2.51. The summed E-state index contributed by atoms with van der Waals surface area (Å²) in [4.78, 5) is 40.9. The number of anilines is 2. The smallest absolute Gasteiger partial charge is 0.414 e. The van der Waals surface area contributed by atoms with E-state index in [4.69, 9.17) is 21.7 Å². The molecule has 0 radical (unpaired) electrons. The van der Waals surface area contributed by atoms with Gasteiger partial charge >= 0.3 is 12.2 Å². The third-order valence-corrected chi connectivity index (χ3v) is 5.85. The van der Waals surface area contributed by atoms with E-state index in [1.807, 2.05) is 9.80 Å². The minimum atomic E-state index is -0.583. The van der Waals surface area contributed by atoms with E-state index in [9.17, 15) is 18.8 Å². The number of nitrogens with one attached hydrogen (secondary N) is 2. The van der Waals surface area contributed by atoms with Gasteiger partial charge in [-0.1, -0.05) is 12.2 Å². The molecule has 2 fully saturated rings. The van der Waals surface area contributed by atoms with Crippen molar-refractivity contribution < 1.29 is 28.2 Å². The van der Waals surface area contributed by atoms with E-state index in [0.29, 0.717) is 42.5 Å². The van der Waals surface area contributed by atoms with Gasteiger partial charge in [0.2, 0.25) is 5.91 Å². The highest BCUT2D eigenvalue weighted by molar-refractivity contribution is 7.80. The summed E-state index contributed by atoms with van der Waals surface area (Å²) in [5.74, 6) is -0.654. The van der Waals surface area contributed by atoms with E-state index in [-0.39, 0.29) is 25.5 Å². The number of alkyl carbamates (subject to hydrolysis) is 1. The Morgan fingerprint density at radius 1 is 1.20 bits per heavy atom. The summed E-state index contributed by atoms with van der Waals surface area (Å²) in [5, 5.41) is 5.27.